The smallest absolute Gasteiger partial charge is 0.0715 e. The normalized spacial score (nSPS) is 9.79. The number of anilines is 2. The Morgan fingerprint density at radius 1 is 1.07 bits per heavy atom. The molecule has 1 heterocycles. The summed E-state index contributed by atoms with van der Waals surface area (Å²) in [6, 6.07) is 11.9. The van der Waals surface area contributed by atoms with Gasteiger partial charge in [-0.15, -0.1) is 0 Å². The zero-order valence-electron chi connectivity index (χ0n) is 7.44. The topological polar surface area (TPSA) is 24.9 Å². The third-order valence-electron chi connectivity index (χ3n) is 1.82. The number of para-hydroxylation sites is 1. The lowest BCUT2D eigenvalue weighted by Crippen LogP contribution is -1.91. The first-order valence-corrected chi connectivity index (χ1v) is 5.07. The highest BCUT2D eigenvalue weighted by Crippen LogP contribution is 2.23. The predicted octanol–water partition coefficient (Wildman–Crippen LogP) is 3.59. The van der Waals surface area contributed by atoms with Crippen LogP contribution in [0.1, 0.15) is 0 Å². The molecule has 1 N–H and O–H groups in total. The Balaban J connectivity index is 2.24. The Morgan fingerprint density at radius 2 is 1.86 bits per heavy atom. The van der Waals surface area contributed by atoms with Gasteiger partial charge in [-0.05, 0) is 34.1 Å². The van der Waals surface area contributed by atoms with Gasteiger partial charge in [0.1, 0.15) is 0 Å². The minimum atomic E-state index is 0.971. The molecule has 1 aromatic carbocycles. The largest absolute Gasteiger partial charge is 0.353 e. The standard InChI is InChI=1S/C11H9BrN2/c12-10-6-7-13-8-11(10)14-9-4-2-1-3-5-9/h1-8,14H. The number of benzene rings is 1. The molecule has 0 bridgehead atoms. The van der Waals surface area contributed by atoms with Crippen molar-refractivity contribution in [3.05, 3.63) is 53.3 Å². The lowest BCUT2D eigenvalue weighted by atomic mass is 10.3. The average Bonchev–Trinajstić information content (AvgIpc) is 2.23. The zero-order valence-corrected chi connectivity index (χ0v) is 9.03. The van der Waals surface area contributed by atoms with E-state index in [1.165, 1.54) is 0 Å². The van der Waals surface area contributed by atoms with Gasteiger partial charge in [0.2, 0.25) is 0 Å². The van der Waals surface area contributed by atoms with Crippen molar-refractivity contribution in [2.45, 2.75) is 0 Å². The highest BCUT2D eigenvalue weighted by Gasteiger charge is 1.97. The summed E-state index contributed by atoms with van der Waals surface area (Å²) >= 11 is 3.45. The molecule has 0 saturated heterocycles. The first-order chi connectivity index (χ1) is 6.86. The van der Waals surface area contributed by atoms with Crippen LogP contribution < -0.4 is 5.32 Å². The van der Waals surface area contributed by atoms with Crippen molar-refractivity contribution in [1.29, 1.82) is 0 Å². The fraction of sp³-hybridized carbons (Fsp3) is 0. The number of hydrogen-bond acceptors (Lipinski definition) is 2. The van der Waals surface area contributed by atoms with Crippen LogP contribution in [0, 0.1) is 0 Å². The van der Waals surface area contributed by atoms with E-state index in [1.807, 2.05) is 36.4 Å². The van der Waals surface area contributed by atoms with E-state index in [0.29, 0.717) is 0 Å². The van der Waals surface area contributed by atoms with E-state index in [0.717, 1.165) is 15.8 Å². The van der Waals surface area contributed by atoms with Crippen molar-refractivity contribution in [3.63, 3.8) is 0 Å². The fourth-order valence-electron chi connectivity index (χ4n) is 1.15. The van der Waals surface area contributed by atoms with Gasteiger partial charge in [-0.2, -0.15) is 0 Å². The van der Waals surface area contributed by atoms with Crippen LogP contribution in [0.4, 0.5) is 11.4 Å². The molecule has 0 aliphatic carbocycles. The van der Waals surface area contributed by atoms with E-state index in [2.05, 4.69) is 26.2 Å². The lowest BCUT2D eigenvalue weighted by Gasteiger charge is -2.06. The zero-order chi connectivity index (χ0) is 9.80. The van der Waals surface area contributed by atoms with Gasteiger partial charge in [0.15, 0.2) is 0 Å². The molecule has 0 saturated carbocycles. The van der Waals surface area contributed by atoms with Gasteiger partial charge < -0.3 is 5.32 Å². The highest BCUT2D eigenvalue weighted by atomic mass is 79.9. The number of hydrogen-bond donors (Lipinski definition) is 1. The Morgan fingerprint density at radius 3 is 2.57 bits per heavy atom. The van der Waals surface area contributed by atoms with Crippen molar-refractivity contribution >= 4 is 27.3 Å². The van der Waals surface area contributed by atoms with Gasteiger partial charge >= 0.3 is 0 Å². The van der Waals surface area contributed by atoms with Gasteiger partial charge in [-0.1, -0.05) is 18.2 Å². The Bertz CT molecular complexity index is 415. The molecule has 14 heavy (non-hydrogen) atoms. The van der Waals surface area contributed by atoms with Crippen LogP contribution in [0.2, 0.25) is 0 Å². The molecular formula is C11H9BrN2. The molecule has 70 valence electrons. The maximum Gasteiger partial charge on any atom is 0.0715 e. The summed E-state index contributed by atoms with van der Waals surface area (Å²) in [7, 11) is 0. The number of halogens is 1. The second-order valence-corrected chi connectivity index (χ2v) is 3.70. The van der Waals surface area contributed by atoms with Crippen LogP contribution in [-0.4, -0.2) is 4.98 Å². The molecule has 0 aliphatic rings. The molecule has 0 atom stereocenters. The second-order valence-electron chi connectivity index (χ2n) is 2.85. The number of aromatic nitrogens is 1. The summed E-state index contributed by atoms with van der Waals surface area (Å²) < 4.78 is 1.01. The number of rotatable bonds is 2. The maximum atomic E-state index is 4.05. The van der Waals surface area contributed by atoms with Gasteiger partial charge in [-0.25, -0.2) is 0 Å². The summed E-state index contributed by atoms with van der Waals surface area (Å²) in [6.45, 7) is 0. The first kappa shape index (κ1) is 9.21. The van der Waals surface area contributed by atoms with Crippen LogP contribution in [0.5, 0.6) is 0 Å². The summed E-state index contributed by atoms with van der Waals surface area (Å²) in [6.07, 6.45) is 3.54. The van der Waals surface area contributed by atoms with E-state index >= 15 is 0 Å². The summed E-state index contributed by atoms with van der Waals surface area (Å²) in [5.74, 6) is 0. The quantitative estimate of drug-likeness (QED) is 0.879. The molecule has 0 fully saturated rings. The molecule has 0 unspecified atom stereocenters. The fourth-order valence-corrected chi connectivity index (χ4v) is 1.47. The van der Waals surface area contributed by atoms with Crippen molar-refractivity contribution in [2.24, 2.45) is 0 Å². The molecule has 3 heteroatoms. The molecular weight excluding hydrogens is 240 g/mol. The van der Waals surface area contributed by atoms with Crippen LogP contribution in [0.3, 0.4) is 0 Å². The minimum Gasteiger partial charge on any atom is -0.353 e. The molecule has 0 amide bonds. The van der Waals surface area contributed by atoms with Crippen LogP contribution >= 0.6 is 15.9 Å². The van der Waals surface area contributed by atoms with E-state index < -0.39 is 0 Å². The molecule has 2 nitrogen and oxygen atoms in total. The van der Waals surface area contributed by atoms with Crippen molar-refractivity contribution in [3.8, 4) is 0 Å². The van der Waals surface area contributed by atoms with E-state index in [1.54, 1.807) is 12.4 Å². The first-order valence-electron chi connectivity index (χ1n) is 4.28. The number of pyridine rings is 1. The third-order valence-corrected chi connectivity index (χ3v) is 2.51. The molecule has 0 aliphatic heterocycles. The van der Waals surface area contributed by atoms with Gasteiger partial charge in [0.25, 0.3) is 0 Å². The molecule has 0 spiro atoms. The van der Waals surface area contributed by atoms with Gasteiger partial charge in [0, 0.05) is 16.4 Å². The van der Waals surface area contributed by atoms with Crippen LogP contribution in [0.25, 0.3) is 0 Å². The predicted molar refractivity (Wildman–Crippen MR) is 61.7 cm³/mol. The Labute approximate surface area is 91.1 Å². The van der Waals surface area contributed by atoms with Crippen LogP contribution in [-0.2, 0) is 0 Å². The third kappa shape index (κ3) is 2.12. The van der Waals surface area contributed by atoms with Gasteiger partial charge in [-0.3, -0.25) is 4.98 Å². The SMILES string of the molecule is Brc1ccncc1Nc1ccccc1. The maximum absolute atomic E-state index is 4.05. The van der Waals surface area contributed by atoms with E-state index in [4.69, 9.17) is 0 Å². The number of nitrogens with zero attached hydrogens (tertiary/aromatic N) is 1. The Kier molecular flexibility index (Phi) is 2.79. The summed E-state index contributed by atoms with van der Waals surface area (Å²) in [5, 5.41) is 3.26. The van der Waals surface area contributed by atoms with Gasteiger partial charge in [0.05, 0.1) is 11.9 Å². The van der Waals surface area contributed by atoms with E-state index in [-0.39, 0.29) is 0 Å². The van der Waals surface area contributed by atoms with Crippen LogP contribution in [0.15, 0.2) is 53.3 Å². The lowest BCUT2D eigenvalue weighted by molar-refractivity contribution is 1.31. The summed E-state index contributed by atoms with van der Waals surface area (Å²) in [4.78, 5) is 4.05. The molecule has 0 radical (unpaired) electrons. The van der Waals surface area contributed by atoms with Crippen molar-refractivity contribution < 1.29 is 0 Å². The molecule has 1 aromatic heterocycles. The second kappa shape index (κ2) is 4.24. The Hall–Kier alpha value is -1.35. The van der Waals surface area contributed by atoms with E-state index in [9.17, 15) is 0 Å². The number of nitrogens with one attached hydrogen (secondary N) is 1. The highest BCUT2D eigenvalue weighted by molar-refractivity contribution is 9.10. The average molecular weight is 249 g/mol. The molecule has 2 rings (SSSR count). The van der Waals surface area contributed by atoms with Crippen molar-refractivity contribution in [2.75, 3.05) is 5.32 Å². The van der Waals surface area contributed by atoms with Crippen molar-refractivity contribution in [1.82, 2.24) is 4.98 Å². The molecule has 2 aromatic rings. The summed E-state index contributed by atoms with van der Waals surface area (Å²) in [5.41, 5.74) is 2.03. The monoisotopic (exact) mass is 248 g/mol. The minimum absolute atomic E-state index is 0.971.